The molecule has 4 nitrogen and oxygen atoms in total. The van der Waals surface area contributed by atoms with Crippen molar-refractivity contribution in [3.63, 3.8) is 0 Å². The van der Waals surface area contributed by atoms with Crippen LogP contribution in [0.15, 0.2) is 68.0 Å². The maximum Gasteiger partial charge on any atom is 0.442 e. The summed E-state index contributed by atoms with van der Waals surface area (Å²) >= 11 is 6.95. The lowest BCUT2D eigenvalue weighted by Gasteiger charge is -2.04. The number of fused-ring (bicyclic) bond motifs is 3. The number of hydrogen-bond acceptors (Lipinski definition) is 3. The van der Waals surface area contributed by atoms with Crippen molar-refractivity contribution in [2.75, 3.05) is 0 Å². The minimum absolute atomic E-state index is 0.243. The molecule has 0 atom stereocenters. The summed E-state index contributed by atoms with van der Waals surface area (Å²) in [5.41, 5.74) is 1.73. The third-order valence-electron chi connectivity index (χ3n) is 3.92. The van der Waals surface area contributed by atoms with Gasteiger partial charge in [0.1, 0.15) is 16.1 Å². The number of furan rings is 1. The van der Waals surface area contributed by atoms with Gasteiger partial charge in [-0.25, -0.2) is 0 Å². The number of rotatable bonds is 2. The summed E-state index contributed by atoms with van der Waals surface area (Å²) in [7, 11) is 0. The highest BCUT2D eigenvalue weighted by atomic mass is 79.9. The molecule has 0 aliphatic rings. The Kier molecular flexibility index (Phi) is 3.66. The van der Waals surface area contributed by atoms with Crippen molar-refractivity contribution in [3.05, 3.63) is 73.7 Å². The van der Waals surface area contributed by atoms with Crippen molar-refractivity contribution in [1.29, 1.82) is 0 Å². The van der Waals surface area contributed by atoms with Gasteiger partial charge in [0.05, 0.1) is 0 Å². The average molecular weight is 447 g/mol. The Morgan fingerprint density at radius 3 is 2.54 bits per heavy atom. The second kappa shape index (κ2) is 5.72. The lowest BCUT2D eigenvalue weighted by Crippen LogP contribution is -1.89. The van der Waals surface area contributed by atoms with Crippen LogP contribution in [0, 0.1) is 10.1 Å². The standard InChI is InChI=1S/C18H9Br2NO3/c19-11-6-7-12-10(9-11)5-8-15-16(12)17(18(24-15)21(22)23)13-3-1-2-4-14(13)20/h1-9H. The van der Waals surface area contributed by atoms with Crippen LogP contribution in [0.5, 0.6) is 0 Å². The first kappa shape index (κ1) is 15.4. The Bertz CT molecular complexity index is 1120. The van der Waals surface area contributed by atoms with Gasteiger partial charge in [-0.2, -0.15) is 0 Å². The van der Waals surface area contributed by atoms with E-state index in [0.717, 1.165) is 30.7 Å². The molecule has 0 fully saturated rings. The Morgan fingerprint density at radius 2 is 1.79 bits per heavy atom. The first-order valence-electron chi connectivity index (χ1n) is 7.10. The third kappa shape index (κ3) is 2.34. The maximum atomic E-state index is 11.6. The van der Waals surface area contributed by atoms with Crippen molar-refractivity contribution < 1.29 is 9.34 Å². The molecule has 4 aromatic rings. The third-order valence-corrected chi connectivity index (χ3v) is 5.11. The summed E-state index contributed by atoms with van der Waals surface area (Å²) in [5, 5.41) is 14.2. The fourth-order valence-electron chi connectivity index (χ4n) is 2.93. The first-order chi connectivity index (χ1) is 11.6. The molecule has 4 rings (SSSR count). The minimum Gasteiger partial charge on any atom is -0.400 e. The van der Waals surface area contributed by atoms with Gasteiger partial charge in [-0.15, -0.1) is 0 Å². The highest BCUT2D eigenvalue weighted by Crippen LogP contribution is 2.45. The van der Waals surface area contributed by atoms with Gasteiger partial charge in [-0.3, -0.25) is 10.1 Å². The second-order valence-electron chi connectivity index (χ2n) is 5.32. The Balaban J connectivity index is 2.22. The summed E-state index contributed by atoms with van der Waals surface area (Å²) < 4.78 is 7.31. The van der Waals surface area contributed by atoms with Crippen molar-refractivity contribution in [2.45, 2.75) is 0 Å². The molecule has 0 spiro atoms. The van der Waals surface area contributed by atoms with E-state index in [4.69, 9.17) is 4.42 Å². The minimum atomic E-state index is -0.473. The monoisotopic (exact) mass is 445 g/mol. The number of hydrogen-bond donors (Lipinski definition) is 0. The molecule has 0 aliphatic carbocycles. The molecule has 0 bridgehead atoms. The smallest absolute Gasteiger partial charge is 0.400 e. The van der Waals surface area contributed by atoms with Crippen LogP contribution in [0.3, 0.4) is 0 Å². The largest absolute Gasteiger partial charge is 0.442 e. The Hall–Kier alpha value is -2.18. The normalized spacial score (nSPS) is 11.2. The van der Waals surface area contributed by atoms with E-state index in [1.165, 1.54) is 0 Å². The van der Waals surface area contributed by atoms with Gasteiger partial charge in [0.15, 0.2) is 0 Å². The molecule has 0 amide bonds. The van der Waals surface area contributed by atoms with E-state index in [-0.39, 0.29) is 5.88 Å². The number of halogens is 2. The summed E-state index contributed by atoms with van der Waals surface area (Å²) in [6.07, 6.45) is 0. The molecule has 0 saturated carbocycles. The van der Waals surface area contributed by atoms with Crippen LogP contribution >= 0.6 is 31.9 Å². The zero-order chi connectivity index (χ0) is 16.8. The summed E-state index contributed by atoms with van der Waals surface area (Å²) in [6, 6.07) is 17.0. The molecular formula is C18H9Br2NO3. The van der Waals surface area contributed by atoms with Crippen LogP contribution in [-0.2, 0) is 0 Å². The van der Waals surface area contributed by atoms with Gasteiger partial charge in [0, 0.05) is 19.9 Å². The lowest BCUT2D eigenvalue weighted by atomic mass is 9.99. The van der Waals surface area contributed by atoms with Crippen molar-refractivity contribution in [3.8, 4) is 11.1 Å². The number of nitro groups is 1. The van der Waals surface area contributed by atoms with Crippen LogP contribution in [0.25, 0.3) is 32.9 Å². The zero-order valence-corrected chi connectivity index (χ0v) is 15.3. The van der Waals surface area contributed by atoms with Gasteiger partial charge in [0.25, 0.3) is 0 Å². The van der Waals surface area contributed by atoms with Crippen molar-refractivity contribution in [1.82, 2.24) is 0 Å². The van der Waals surface area contributed by atoms with Gasteiger partial charge in [-0.1, -0.05) is 62.2 Å². The number of benzene rings is 3. The van der Waals surface area contributed by atoms with Gasteiger partial charge in [0.2, 0.25) is 0 Å². The van der Waals surface area contributed by atoms with Gasteiger partial charge < -0.3 is 4.42 Å². The van der Waals surface area contributed by atoms with E-state index >= 15 is 0 Å². The second-order valence-corrected chi connectivity index (χ2v) is 7.09. The van der Waals surface area contributed by atoms with E-state index in [0.29, 0.717) is 11.1 Å². The van der Waals surface area contributed by atoms with Crippen LogP contribution < -0.4 is 0 Å². The zero-order valence-electron chi connectivity index (χ0n) is 12.1. The van der Waals surface area contributed by atoms with E-state index in [1.54, 1.807) is 6.07 Å². The maximum absolute atomic E-state index is 11.6. The van der Waals surface area contributed by atoms with Crippen molar-refractivity contribution in [2.24, 2.45) is 0 Å². The van der Waals surface area contributed by atoms with E-state index in [1.807, 2.05) is 48.5 Å². The molecule has 0 radical (unpaired) electrons. The van der Waals surface area contributed by atoms with E-state index in [9.17, 15) is 10.1 Å². The molecule has 118 valence electrons. The molecular weight excluding hydrogens is 438 g/mol. The summed E-state index contributed by atoms with van der Waals surface area (Å²) in [6.45, 7) is 0. The van der Waals surface area contributed by atoms with Crippen LogP contribution in [0.1, 0.15) is 0 Å². The molecule has 24 heavy (non-hydrogen) atoms. The predicted molar refractivity (Wildman–Crippen MR) is 101 cm³/mol. The van der Waals surface area contributed by atoms with Crippen LogP contribution in [0.4, 0.5) is 5.88 Å². The topological polar surface area (TPSA) is 56.3 Å². The molecule has 0 saturated heterocycles. The molecule has 1 aromatic heterocycles. The first-order valence-corrected chi connectivity index (χ1v) is 8.69. The molecule has 0 N–H and O–H groups in total. The predicted octanol–water partition coefficient (Wildman–Crippen LogP) is 6.69. The molecule has 0 unspecified atom stereocenters. The quantitative estimate of drug-likeness (QED) is 0.254. The van der Waals surface area contributed by atoms with Gasteiger partial charge >= 0.3 is 5.88 Å². The molecule has 0 aliphatic heterocycles. The Morgan fingerprint density at radius 1 is 1.00 bits per heavy atom. The molecule has 3 aromatic carbocycles. The van der Waals surface area contributed by atoms with Crippen molar-refractivity contribution >= 4 is 59.5 Å². The van der Waals surface area contributed by atoms with Crippen LogP contribution in [-0.4, -0.2) is 4.92 Å². The summed E-state index contributed by atoms with van der Waals surface area (Å²) in [5.74, 6) is -0.243. The Labute approximate surface area is 153 Å². The lowest BCUT2D eigenvalue weighted by molar-refractivity contribution is -0.400. The average Bonchev–Trinajstić information content (AvgIpc) is 2.95. The van der Waals surface area contributed by atoms with E-state index < -0.39 is 4.92 Å². The SMILES string of the molecule is O=[N+]([O-])c1oc2ccc3cc(Br)ccc3c2c1-c1ccccc1Br. The summed E-state index contributed by atoms with van der Waals surface area (Å²) in [4.78, 5) is 11.1. The molecule has 1 heterocycles. The van der Waals surface area contributed by atoms with E-state index in [2.05, 4.69) is 31.9 Å². The van der Waals surface area contributed by atoms with Crippen LogP contribution in [0.2, 0.25) is 0 Å². The molecule has 6 heteroatoms. The highest BCUT2D eigenvalue weighted by molar-refractivity contribution is 9.10. The van der Waals surface area contributed by atoms with Gasteiger partial charge in [-0.05, 0) is 35.0 Å². The fourth-order valence-corrected chi connectivity index (χ4v) is 3.79. The number of nitrogens with zero attached hydrogens (tertiary/aromatic N) is 1. The fraction of sp³-hybridized carbons (Fsp3) is 0. The highest BCUT2D eigenvalue weighted by Gasteiger charge is 2.27.